The molecule has 0 fully saturated rings. The number of rotatable bonds is 7. The number of carbonyl (C=O) groups is 3. The van der Waals surface area contributed by atoms with Crippen molar-refractivity contribution < 1.29 is 19.5 Å². The number of unbranched alkanes of at least 4 members (excludes halogenated alkanes) is 1. The third-order valence-electron chi connectivity index (χ3n) is 1.98. The van der Waals surface area contributed by atoms with E-state index in [0.717, 1.165) is 0 Å². The summed E-state index contributed by atoms with van der Waals surface area (Å²) in [7, 11) is 3.22. The number of hydrogen-bond donors (Lipinski definition) is 2. The highest BCUT2D eigenvalue weighted by atomic mass is 16.4. The lowest BCUT2D eigenvalue weighted by molar-refractivity contribution is -0.137. The van der Waals surface area contributed by atoms with Crippen LogP contribution in [0, 0.1) is 0 Å². The molecule has 0 bridgehead atoms. The molecule has 0 atom stereocenters. The number of carbonyl (C=O) groups excluding carboxylic acids is 2. The van der Waals surface area contributed by atoms with Crippen molar-refractivity contribution in [1.29, 1.82) is 0 Å². The van der Waals surface area contributed by atoms with Crippen LogP contribution in [0.15, 0.2) is 0 Å². The summed E-state index contributed by atoms with van der Waals surface area (Å²) in [5, 5.41) is 10.8. The first-order valence-corrected chi connectivity index (χ1v) is 5.12. The first-order valence-electron chi connectivity index (χ1n) is 5.12. The van der Waals surface area contributed by atoms with Gasteiger partial charge in [-0.2, -0.15) is 0 Å². The van der Waals surface area contributed by atoms with Gasteiger partial charge in [0.25, 0.3) is 0 Å². The molecule has 0 saturated heterocycles. The Morgan fingerprint density at radius 3 is 2.19 bits per heavy atom. The molecule has 0 aromatic rings. The molecule has 0 aromatic carbocycles. The molecule has 6 heteroatoms. The Balaban J connectivity index is 3.52. The van der Waals surface area contributed by atoms with E-state index in [1.165, 1.54) is 4.90 Å². The van der Waals surface area contributed by atoms with E-state index >= 15 is 0 Å². The number of amides is 2. The SMILES string of the molecule is CN(C)C(=O)CNC(=O)CCCCC(=O)O. The molecular weight excluding hydrogens is 212 g/mol. The standard InChI is InChI=1S/C10H18N2O4/c1-12(2)9(14)7-11-8(13)5-3-4-6-10(15)16/h3-7H2,1-2H3,(H,11,13)(H,15,16). The summed E-state index contributed by atoms with van der Waals surface area (Å²) >= 11 is 0. The van der Waals surface area contributed by atoms with Crippen LogP contribution in [0.5, 0.6) is 0 Å². The minimum Gasteiger partial charge on any atom is -0.481 e. The highest BCUT2D eigenvalue weighted by molar-refractivity contribution is 5.84. The lowest BCUT2D eigenvalue weighted by Gasteiger charge is -2.10. The van der Waals surface area contributed by atoms with Gasteiger partial charge in [0.2, 0.25) is 11.8 Å². The first kappa shape index (κ1) is 14.4. The highest BCUT2D eigenvalue weighted by Crippen LogP contribution is 1.99. The van der Waals surface area contributed by atoms with Gasteiger partial charge < -0.3 is 15.3 Å². The monoisotopic (exact) mass is 230 g/mol. The Labute approximate surface area is 94.6 Å². The summed E-state index contributed by atoms with van der Waals surface area (Å²) in [6, 6.07) is 0. The third-order valence-corrected chi connectivity index (χ3v) is 1.98. The van der Waals surface area contributed by atoms with Crippen LogP contribution in [0.25, 0.3) is 0 Å². The van der Waals surface area contributed by atoms with Gasteiger partial charge in [-0.1, -0.05) is 0 Å². The number of nitrogens with zero attached hydrogens (tertiary/aromatic N) is 1. The van der Waals surface area contributed by atoms with Gasteiger partial charge in [-0.15, -0.1) is 0 Å². The summed E-state index contributed by atoms with van der Waals surface area (Å²) in [6.45, 7) is -0.00916. The number of carboxylic acid groups (broad SMARTS) is 1. The van der Waals surface area contributed by atoms with Crippen molar-refractivity contribution in [2.24, 2.45) is 0 Å². The molecule has 2 N–H and O–H groups in total. The summed E-state index contributed by atoms with van der Waals surface area (Å²) in [5.41, 5.74) is 0. The second-order valence-electron chi connectivity index (χ2n) is 3.67. The maximum Gasteiger partial charge on any atom is 0.303 e. The second-order valence-corrected chi connectivity index (χ2v) is 3.67. The van der Waals surface area contributed by atoms with Crippen molar-refractivity contribution in [1.82, 2.24) is 10.2 Å². The number of aliphatic carboxylic acids is 1. The van der Waals surface area contributed by atoms with Crippen molar-refractivity contribution in [3.8, 4) is 0 Å². The quantitative estimate of drug-likeness (QED) is 0.595. The van der Waals surface area contributed by atoms with E-state index in [0.29, 0.717) is 12.8 Å². The Kier molecular flexibility index (Phi) is 6.91. The average molecular weight is 230 g/mol. The second kappa shape index (κ2) is 7.67. The van der Waals surface area contributed by atoms with Crippen LogP contribution < -0.4 is 5.32 Å². The summed E-state index contributed by atoms with van der Waals surface area (Å²) < 4.78 is 0. The van der Waals surface area contributed by atoms with Gasteiger partial charge >= 0.3 is 5.97 Å². The molecule has 0 radical (unpaired) electrons. The van der Waals surface area contributed by atoms with Crippen LogP contribution in [0.1, 0.15) is 25.7 Å². The zero-order valence-electron chi connectivity index (χ0n) is 9.65. The van der Waals surface area contributed by atoms with Gasteiger partial charge in [-0.25, -0.2) is 0 Å². The smallest absolute Gasteiger partial charge is 0.303 e. The van der Waals surface area contributed by atoms with Gasteiger partial charge in [0, 0.05) is 26.9 Å². The Morgan fingerprint density at radius 1 is 1.12 bits per heavy atom. The maximum atomic E-state index is 11.2. The van der Waals surface area contributed by atoms with E-state index in [9.17, 15) is 14.4 Å². The molecule has 0 unspecified atom stereocenters. The lowest BCUT2D eigenvalue weighted by Crippen LogP contribution is -2.36. The Hall–Kier alpha value is -1.59. The largest absolute Gasteiger partial charge is 0.481 e. The van der Waals surface area contributed by atoms with E-state index in [1.54, 1.807) is 14.1 Å². The first-order chi connectivity index (χ1) is 7.43. The minimum absolute atomic E-state index is 0.00916. The summed E-state index contributed by atoms with van der Waals surface area (Å²) in [5.74, 6) is -1.25. The Morgan fingerprint density at radius 2 is 1.69 bits per heavy atom. The number of likely N-dealkylation sites (N-methyl/N-ethyl adjacent to an activating group) is 1. The van der Waals surface area contributed by atoms with Crippen LogP contribution in [-0.2, 0) is 14.4 Å². The zero-order valence-corrected chi connectivity index (χ0v) is 9.65. The third kappa shape index (κ3) is 7.78. The molecule has 0 spiro atoms. The average Bonchev–Trinajstić information content (AvgIpc) is 2.20. The maximum absolute atomic E-state index is 11.2. The lowest BCUT2D eigenvalue weighted by atomic mass is 10.2. The molecule has 0 aliphatic heterocycles. The van der Waals surface area contributed by atoms with Crippen LogP contribution >= 0.6 is 0 Å². The van der Waals surface area contributed by atoms with Crippen LogP contribution in [0.4, 0.5) is 0 Å². The topological polar surface area (TPSA) is 86.7 Å². The number of nitrogens with one attached hydrogen (secondary N) is 1. The molecule has 0 heterocycles. The van der Waals surface area contributed by atoms with Crippen molar-refractivity contribution in [2.45, 2.75) is 25.7 Å². The van der Waals surface area contributed by atoms with E-state index < -0.39 is 5.97 Å². The van der Waals surface area contributed by atoms with Crippen molar-refractivity contribution >= 4 is 17.8 Å². The van der Waals surface area contributed by atoms with Gasteiger partial charge in [-0.05, 0) is 12.8 Å². The van der Waals surface area contributed by atoms with Crippen molar-refractivity contribution in [2.75, 3.05) is 20.6 Å². The van der Waals surface area contributed by atoms with Gasteiger partial charge in [0.1, 0.15) is 0 Å². The molecule has 6 nitrogen and oxygen atoms in total. The number of hydrogen-bond acceptors (Lipinski definition) is 3. The molecule has 0 aliphatic rings. The van der Waals surface area contributed by atoms with Crippen LogP contribution in [0.3, 0.4) is 0 Å². The molecule has 16 heavy (non-hydrogen) atoms. The molecule has 0 saturated carbocycles. The summed E-state index contributed by atoms with van der Waals surface area (Å²) in [4.78, 5) is 33.9. The Bertz CT molecular complexity index is 264. The van der Waals surface area contributed by atoms with Gasteiger partial charge in [-0.3, -0.25) is 14.4 Å². The van der Waals surface area contributed by atoms with Gasteiger partial charge in [0.05, 0.1) is 6.54 Å². The molecular formula is C10H18N2O4. The van der Waals surface area contributed by atoms with Gasteiger partial charge in [0.15, 0.2) is 0 Å². The minimum atomic E-state index is -0.858. The molecule has 0 aliphatic carbocycles. The van der Waals surface area contributed by atoms with E-state index in [4.69, 9.17) is 5.11 Å². The molecule has 2 amide bonds. The van der Waals surface area contributed by atoms with E-state index in [1.807, 2.05) is 0 Å². The zero-order chi connectivity index (χ0) is 12.6. The molecule has 0 rings (SSSR count). The highest BCUT2D eigenvalue weighted by Gasteiger charge is 2.07. The molecule has 92 valence electrons. The fourth-order valence-electron chi connectivity index (χ4n) is 0.982. The van der Waals surface area contributed by atoms with E-state index in [2.05, 4.69) is 5.32 Å². The fourth-order valence-corrected chi connectivity index (χ4v) is 0.982. The normalized spacial score (nSPS) is 9.62. The van der Waals surface area contributed by atoms with Crippen LogP contribution in [0.2, 0.25) is 0 Å². The number of carboxylic acids is 1. The predicted octanol–water partition coefficient (Wildman–Crippen LogP) is -0.164. The van der Waals surface area contributed by atoms with E-state index in [-0.39, 0.29) is 31.2 Å². The fraction of sp³-hybridized carbons (Fsp3) is 0.700. The predicted molar refractivity (Wildman–Crippen MR) is 57.8 cm³/mol. The summed E-state index contributed by atoms with van der Waals surface area (Å²) in [6.07, 6.45) is 1.33. The van der Waals surface area contributed by atoms with Crippen molar-refractivity contribution in [3.63, 3.8) is 0 Å². The molecule has 0 aromatic heterocycles. The van der Waals surface area contributed by atoms with Crippen molar-refractivity contribution in [3.05, 3.63) is 0 Å². The van der Waals surface area contributed by atoms with Crippen LogP contribution in [-0.4, -0.2) is 48.4 Å².